The summed E-state index contributed by atoms with van der Waals surface area (Å²) in [7, 11) is 1.68. The number of rotatable bonds is 7. The van der Waals surface area contributed by atoms with Gasteiger partial charge in [0.15, 0.2) is 0 Å². The zero-order valence-corrected chi connectivity index (χ0v) is 15.4. The number of hydrogen-bond donors (Lipinski definition) is 2. The second-order valence-electron chi connectivity index (χ2n) is 6.88. The van der Waals surface area contributed by atoms with Gasteiger partial charge in [0.25, 0.3) is 0 Å². The number of carbonyl (C=O) groups is 2. The first-order valence-electron chi connectivity index (χ1n) is 9.36. The van der Waals surface area contributed by atoms with Crippen molar-refractivity contribution < 1.29 is 14.3 Å². The first-order valence-corrected chi connectivity index (χ1v) is 9.36. The molecule has 1 saturated heterocycles. The molecule has 1 aliphatic carbocycles. The molecule has 0 spiro atoms. The molecule has 2 aliphatic rings. The lowest BCUT2D eigenvalue weighted by molar-refractivity contribution is -0.139. The molecule has 0 radical (unpaired) electrons. The molecule has 2 N–H and O–H groups in total. The van der Waals surface area contributed by atoms with Gasteiger partial charge in [0.05, 0.1) is 7.11 Å². The van der Waals surface area contributed by atoms with E-state index in [0.29, 0.717) is 6.54 Å². The highest BCUT2D eigenvalue weighted by Gasteiger charge is 2.26. The fourth-order valence-electron chi connectivity index (χ4n) is 3.09. The summed E-state index contributed by atoms with van der Waals surface area (Å²) in [5.41, 5.74) is 1.22. The van der Waals surface area contributed by atoms with E-state index in [2.05, 4.69) is 32.6 Å². The van der Waals surface area contributed by atoms with Crippen LogP contribution in [0.4, 0.5) is 5.69 Å². The normalized spacial score (nSPS) is 17.7. The fourth-order valence-corrected chi connectivity index (χ4v) is 3.09. The van der Waals surface area contributed by atoms with Crippen LogP contribution in [0.1, 0.15) is 19.3 Å². The number of methoxy groups -OCH3 is 1. The first kappa shape index (κ1) is 18.5. The Hall–Kier alpha value is -2.28. The number of amides is 2. The molecule has 142 valence electrons. The van der Waals surface area contributed by atoms with Gasteiger partial charge in [-0.3, -0.25) is 14.5 Å². The minimum Gasteiger partial charge on any atom is -0.497 e. The minimum atomic E-state index is -0.513. The van der Waals surface area contributed by atoms with Gasteiger partial charge in [0.2, 0.25) is 0 Å². The molecule has 1 aromatic rings. The van der Waals surface area contributed by atoms with Gasteiger partial charge in [-0.15, -0.1) is 0 Å². The fraction of sp³-hybridized carbons (Fsp3) is 0.579. The number of anilines is 1. The Morgan fingerprint density at radius 1 is 1.08 bits per heavy atom. The van der Waals surface area contributed by atoms with Gasteiger partial charge in [-0.25, -0.2) is 0 Å². The standard InChI is InChI=1S/C19H28N4O3/c1-26-17-7-5-16(6-8-17)23-13-11-22(12-14-23)10-2-9-20-18(24)19(25)21-15-3-4-15/h5-8,15H,2-4,9-14H2,1H3,(H,20,24)(H,21,25). The number of benzene rings is 1. The molecule has 0 aromatic heterocycles. The van der Waals surface area contributed by atoms with Crippen LogP contribution in [0.15, 0.2) is 24.3 Å². The van der Waals surface area contributed by atoms with E-state index in [1.54, 1.807) is 7.11 Å². The van der Waals surface area contributed by atoms with E-state index in [-0.39, 0.29) is 6.04 Å². The molecule has 1 saturated carbocycles. The number of carbonyl (C=O) groups excluding carboxylic acids is 2. The number of nitrogens with zero attached hydrogens (tertiary/aromatic N) is 2. The summed E-state index contributed by atoms with van der Waals surface area (Å²) < 4.78 is 5.20. The summed E-state index contributed by atoms with van der Waals surface area (Å²) in [6.45, 7) is 5.45. The topological polar surface area (TPSA) is 73.9 Å². The van der Waals surface area contributed by atoms with Crippen molar-refractivity contribution in [3.05, 3.63) is 24.3 Å². The minimum absolute atomic E-state index is 0.218. The maximum Gasteiger partial charge on any atom is 0.309 e. The molecule has 7 nitrogen and oxygen atoms in total. The molecular formula is C19H28N4O3. The van der Waals surface area contributed by atoms with Crippen molar-refractivity contribution in [1.29, 1.82) is 0 Å². The monoisotopic (exact) mass is 360 g/mol. The van der Waals surface area contributed by atoms with Gasteiger partial charge in [-0.1, -0.05) is 0 Å². The molecule has 26 heavy (non-hydrogen) atoms. The highest BCUT2D eigenvalue weighted by molar-refractivity contribution is 6.35. The van der Waals surface area contributed by atoms with Crippen LogP contribution in [0.2, 0.25) is 0 Å². The van der Waals surface area contributed by atoms with Crippen LogP contribution < -0.4 is 20.3 Å². The zero-order valence-electron chi connectivity index (χ0n) is 15.4. The number of hydrogen-bond acceptors (Lipinski definition) is 5. The second kappa shape index (κ2) is 8.89. The van der Waals surface area contributed by atoms with Crippen molar-refractivity contribution in [3.63, 3.8) is 0 Å². The van der Waals surface area contributed by atoms with Crippen LogP contribution in [0.5, 0.6) is 5.75 Å². The Balaban J connectivity index is 1.30. The predicted octanol–water partition coefficient (Wildman–Crippen LogP) is 0.602. The van der Waals surface area contributed by atoms with Gasteiger partial charge in [0.1, 0.15) is 5.75 Å². The summed E-state index contributed by atoms with van der Waals surface area (Å²) in [4.78, 5) is 28.0. The molecule has 7 heteroatoms. The van der Waals surface area contributed by atoms with Crippen molar-refractivity contribution in [2.75, 3.05) is 51.3 Å². The lowest BCUT2D eigenvalue weighted by Gasteiger charge is -2.36. The van der Waals surface area contributed by atoms with E-state index in [1.165, 1.54) is 5.69 Å². The molecule has 0 unspecified atom stereocenters. The van der Waals surface area contributed by atoms with Crippen LogP contribution >= 0.6 is 0 Å². The summed E-state index contributed by atoms with van der Waals surface area (Å²) in [6, 6.07) is 8.39. The first-order chi connectivity index (χ1) is 12.7. The number of piperazine rings is 1. The quantitative estimate of drug-likeness (QED) is 0.550. The maximum absolute atomic E-state index is 11.7. The molecular weight excluding hydrogens is 332 g/mol. The average Bonchev–Trinajstić information content (AvgIpc) is 3.49. The van der Waals surface area contributed by atoms with Crippen LogP contribution in [0, 0.1) is 0 Å². The van der Waals surface area contributed by atoms with E-state index in [0.717, 1.165) is 57.7 Å². The van der Waals surface area contributed by atoms with Gasteiger partial charge in [0, 0.05) is 44.5 Å². The Labute approximate surface area is 154 Å². The lowest BCUT2D eigenvalue weighted by Crippen LogP contribution is -2.47. The summed E-state index contributed by atoms with van der Waals surface area (Å²) in [5, 5.41) is 5.40. The molecule has 1 aliphatic heterocycles. The third-order valence-corrected chi connectivity index (χ3v) is 4.87. The Morgan fingerprint density at radius 3 is 2.38 bits per heavy atom. The van der Waals surface area contributed by atoms with Gasteiger partial charge in [-0.2, -0.15) is 0 Å². The molecule has 1 aromatic carbocycles. The number of nitrogens with one attached hydrogen (secondary N) is 2. The maximum atomic E-state index is 11.7. The van der Waals surface area contributed by atoms with Crippen LogP contribution in [-0.2, 0) is 9.59 Å². The predicted molar refractivity (Wildman–Crippen MR) is 100 cm³/mol. The third kappa shape index (κ3) is 5.36. The largest absolute Gasteiger partial charge is 0.497 e. The molecule has 1 heterocycles. The van der Waals surface area contributed by atoms with Crippen molar-refractivity contribution in [2.45, 2.75) is 25.3 Å². The third-order valence-electron chi connectivity index (χ3n) is 4.87. The van der Waals surface area contributed by atoms with Crippen molar-refractivity contribution in [1.82, 2.24) is 15.5 Å². The van der Waals surface area contributed by atoms with Crippen LogP contribution in [0.3, 0.4) is 0 Å². The SMILES string of the molecule is COc1ccc(N2CCN(CCCNC(=O)C(=O)NC3CC3)CC2)cc1. The van der Waals surface area contributed by atoms with Crippen molar-refractivity contribution >= 4 is 17.5 Å². The average molecular weight is 360 g/mol. The Bertz CT molecular complexity index is 608. The van der Waals surface area contributed by atoms with Crippen LogP contribution in [-0.4, -0.2) is 69.1 Å². The summed E-state index contributed by atoms with van der Waals surface area (Å²) in [6.07, 6.45) is 2.83. The van der Waals surface area contributed by atoms with E-state index in [9.17, 15) is 9.59 Å². The summed E-state index contributed by atoms with van der Waals surface area (Å²) >= 11 is 0. The van der Waals surface area contributed by atoms with Gasteiger partial charge >= 0.3 is 11.8 Å². The van der Waals surface area contributed by atoms with Gasteiger partial charge in [-0.05, 0) is 50.1 Å². The van der Waals surface area contributed by atoms with Crippen LogP contribution in [0.25, 0.3) is 0 Å². The zero-order chi connectivity index (χ0) is 18.4. The van der Waals surface area contributed by atoms with Crippen molar-refractivity contribution in [3.8, 4) is 5.75 Å². The Kier molecular flexibility index (Phi) is 6.33. The van der Waals surface area contributed by atoms with Gasteiger partial charge < -0.3 is 20.3 Å². The smallest absolute Gasteiger partial charge is 0.309 e. The van der Waals surface area contributed by atoms with E-state index >= 15 is 0 Å². The Morgan fingerprint density at radius 2 is 1.77 bits per heavy atom. The van der Waals surface area contributed by atoms with E-state index in [4.69, 9.17) is 4.74 Å². The molecule has 2 amide bonds. The summed E-state index contributed by atoms with van der Waals surface area (Å²) in [5.74, 6) is -0.137. The molecule has 2 fully saturated rings. The molecule has 0 atom stereocenters. The second-order valence-corrected chi connectivity index (χ2v) is 6.88. The van der Waals surface area contributed by atoms with E-state index in [1.807, 2.05) is 12.1 Å². The molecule has 3 rings (SSSR count). The highest BCUT2D eigenvalue weighted by atomic mass is 16.5. The van der Waals surface area contributed by atoms with Crippen molar-refractivity contribution in [2.24, 2.45) is 0 Å². The number of ether oxygens (including phenoxy) is 1. The molecule has 0 bridgehead atoms. The highest BCUT2D eigenvalue weighted by Crippen LogP contribution is 2.20. The van der Waals surface area contributed by atoms with E-state index < -0.39 is 11.8 Å². The lowest BCUT2D eigenvalue weighted by atomic mass is 10.2.